The topological polar surface area (TPSA) is 135 Å². The Morgan fingerprint density at radius 1 is 1.16 bits per heavy atom. The number of aliphatic hydroxyl groups excluding tert-OH is 1. The molecule has 0 spiro atoms. The van der Waals surface area contributed by atoms with E-state index in [1.807, 2.05) is 18.3 Å². The van der Waals surface area contributed by atoms with Crippen molar-refractivity contribution in [3.63, 3.8) is 0 Å². The fourth-order valence-corrected chi connectivity index (χ4v) is 4.13. The second kappa shape index (κ2) is 10.3. The van der Waals surface area contributed by atoms with Crippen LogP contribution in [0.3, 0.4) is 0 Å². The number of rotatable bonds is 7. The third-order valence-electron chi connectivity index (χ3n) is 5.77. The third kappa shape index (κ3) is 5.20. The quantitative estimate of drug-likeness (QED) is 0.271. The zero-order chi connectivity index (χ0) is 27.6. The molecule has 196 valence electrons. The summed E-state index contributed by atoms with van der Waals surface area (Å²) in [5.74, 6) is -1.23. The molecule has 2 heterocycles. The molecule has 12 heteroatoms. The summed E-state index contributed by atoms with van der Waals surface area (Å²) in [6, 6.07) is 11.2. The van der Waals surface area contributed by atoms with E-state index in [-0.39, 0.29) is 11.4 Å². The van der Waals surface area contributed by atoms with Crippen LogP contribution < -0.4 is 16.4 Å². The number of amides is 2. The Hall–Kier alpha value is -4.71. The first-order chi connectivity index (χ1) is 18.0. The molecule has 0 aliphatic carbocycles. The van der Waals surface area contributed by atoms with Gasteiger partial charge >= 0.3 is 6.18 Å². The lowest BCUT2D eigenvalue weighted by atomic mass is 9.93. The molecule has 4 rings (SSSR count). The van der Waals surface area contributed by atoms with Gasteiger partial charge in [0, 0.05) is 27.9 Å². The molecule has 2 aromatic heterocycles. The predicted octanol–water partition coefficient (Wildman–Crippen LogP) is 3.86. The molecule has 0 radical (unpaired) electrons. The largest absolute Gasteiger partial charge is 0.405 e. The molecule has 2 amide bonds. The van der Waals surface area contributed by atoms with Gasteiger partial charge in [-0.2, -0.15) is 18.3 Å². The van der Waals surface area contributed by atoms with Crippen molar-refractivity contribution in [3.05, 3.63) is 78.3 Å². The van der Waals surface area contributed by atoms with E-state index in [1.54, 1.807) is 24.3 Å². The number of benzene rings is 2. The number of nitrogens with zero attached hydrogens (tertiary/aromatic N) is 3. The van der Waals surface area contributed by atoms with E-state index in [1.165, 1.54) is 23.0 Å². The highest BCUT2D eigenvalue weighted by Crippen LogP contribution is 2.44. The average molecular weight is 525 g/mol. The Kier molecular flexibility index (Phi) is 7.17. The van der Waals surface area contributed by atoms with E-state index in [9.17, 15) is 27.9 Å². The lowest BCUT2D eigenvalue weighted by Crippen LogP contribution is -2.33. The van der Waals surface area contributed by atoms with Gasteiger partial charge in [-0.25, -0.2) is 9.50 Å². The minimum Gasteiger partial charge on any atom is -0.390 e. The van der Waals surface area contributed by atoms with Crippen molar-refractivity contribution in [3.8, 4) is 22.3 Å². The van der Waals surface area contributed by atoms with Gasteiger partial charge < -0.3 is 21.5 Å². The van der Waals surface area contributed by atoms with Crippen LogP contribution in [-0.2, 0) is 11.4 Å². The number of anilines is 2. The van der Waals surface area contributed by atoms with Crippen LogP contribution in [0.15, 0.2) is 61.4 Å². The highest BCUT2D eigenvalue weighted by Gasteiger charge is 2.28. The number of nitrogens with two attached hydrogens (primary N) is 1. The van der Waals surface area contributed by atoms with E-state index in [0.717, 1.165) is 11.6 Å². The molecule has 0 saturated carbocycles. The highest BCUT2D eigenvalue weighted by molar-refractivity contribution is 6.07. The average Bonchev–Trinajstić information content (AvgIpc) is 3.22. The molecule has 0 atom stereocenters. The first kappa shape index (κ1) is 26.4. The van der Waals surface area contributed by atoms with Crippen LogP contribution in [0, 0.1) is 6.92 Å². The molecule has 2 aromatic carbocycles. The van der Waals surface area contributed by atoms with Crippen molar-refractivity contribution >= 4 is 28.8 Å². The lowest BCUT2D eigenvalue weighted by molar-refractivity contribution is -0.123. The number of aliphatic hydroxyl groups is 1. The number of aryl methyl sites for hydroxylation is 1. The highest BCUT2D eigenvalue weighted by atomic mass is 19.4. The standard InChI is InChI=1S/C26H23F3N6O3/c1-3-20(37)34-18-10-14(2)4-9-17(18)22-19(11-36)35-23(24(30)32-13-33-35)21(22)15-5-7-16(8-6-15)25(38)31-12-26(27,28)29/h3-10,13,36H,1,11-12H2,2H3,(H,31,38)(H,34,37)(H2,30,32,33). The normalized spacial score (nSPS) is 11.4. The molecule has 38 heavy (non-hydrogen) atoms. The van der Waals surface area contributed by atoms with Crippen molar-refractivity contribution in [1.29, 1.82) is 0 Å². The van der Waals surface area contributed by atoms with E-state index in [4.69, 9.17) is 5.73 Å². The number of carbonyl (C=O) groups excluding carboxylic acids is 2. The van der Waals surface area contributed by atoms with Gasteiger partial charge in [0.1, 0.15) is 18.4 Å². The van der Waals surface area contributed by atoms with Crippen LogP contribution in [0.25, 0.3) is 27.8 Å². The fraction of sp³-hybridized carbons (Fsp3) is 0.154. The number of nitrogen functional groups attached to an aromatic ring is 1. The van der Waals surface area contributed by atoms with E-state index < -0.39 is 31.1 Å². The number of aromatic nitrogens is 3. The van der Waals surface area contributed by atoms with Crippen LogP contribution in [0.2, 0.25) is 0 Å². The second-order valence-corrected chi connectivity index (χ2v) is 8.38. The summed E-state index contributed by atoms with van der Waals surface area (Å²) in [7, 11) is 0. The van der Waals surface area contributed by atoms with Gasteiger partial charge in [0.25, 0.3) is 5.91 Å². The number of nitrogens with one attached hydrogen (secondary N) is 2. The molecule has 9 nitrogen and oxygen atoms in total. The number of carbonyl (C=O) groups is 2. The van der Waals surface area contributed by atoms with Gasteiger partial charge in [-0.1, -0.05) is 30.8 Å². The lowest BCUT2D eigenvalue weighted by Gasteiger charge is -2.14. The predicted molar refractivity (Wildman–Crippen MR) is 136 cm³/mol. The Balaban J connectivity index is 1.93. The van der Waals surface area contributed by atoms with Crippen LogP contribution >= 0.6 is 0 Å². The molecule has 4 aromatic rings. The Labute approximate surface area is 214 Å². The van der Waals surface area contributed by atoms with Crippen molar-refractivity contribution in [2.24, 2.45) is 0 Å². The van der Waals surface area contributed by atoms with Crippen molar-refractivity contribution < 1.29 is 27.9 Å². The van der Waals surface area contributed by atoms with Crippen LogP contribution in [-0.4, -0.2) is 44.2 Å². The molecule has 0 unspecified atom stereocenters. The fourth-order valence-electron chi connectivity index (χ4n) is 4.13. The monoisotopic (exact) mass is 524 g/mol. The minimum atomic E-state index is -4.54. The van der Waals surface area contributed by atoms with Gasteiger partial charge in [-0.15, -0.1) is 0 Å². The molecular formula is C26H23F3N6O3. The summed E-state index contributed by atoms with van der Waals surface area (Å²) in [5.41, 5.74) is 10.3. The molecule has 5 N–H and O–H groups in total. The number of fused-ring (bicyclic) bond motifs is 1. The van der Waals surface area contributed by atoms with Gasteiger partial charge in [0.05, 0.1) is 12.3 Å². The zero-order valence-corrected chi connectivity index (χ0v) is 20.1. The zero-order valence-electron chi connectivity index (χ0n) is 20.1. The van der Waals surface area contributed by atoms with Crippen LogP contribution in [0.4, 0.5) is 24.7 Å². The first-order valence-electron chi connectivity index (χ1n) is 11.3. The summed E-state index contributed by atoms with van der Waals surface area (Å²) in [6.45, 7) is 3.43. The van der Waals surface area contributed by atoms with Crippen LogP contribution in [0.1, 0.15) is 21.6 Å². The molecule has 0 aliphatic rings. The number of hydrogen-bond acceptors (Lipinski definition) is 6. The SMILES string of the molecule is C=CC(=O)Nc1cc(C)ccc1-c1c(-c2ccc(C(=O)NCC(F)(F)F)cc2)c2c(N)ncnn2c1CO. The Morgan fingerprint density at radius 3 is 2.50 bits per heavy atom. The smallest absolute Gasteiger partial charge is 0.390 e. The van der Waals surface area contributed by atoms with E-state index in [2.05, 4.69) is 22.0 Å². The summed E-state index contributed by atoms with van der Waals surface area (Å²) in [5, 5.41) is 19.2. The Bertz CT molecular complexity index is 1540. The van der Waals surface area contributed by atoms with Crippen molar-refractivity contribution in [2.45, 2.75) is 19.7 Å². The summed E-state index contributed by atoms with van der Waals surface area (Å²) < 4.78 is 39.0. The van der Waals surface area contributed by atoms with E-state index >= 15 is 0 Å². The molecule has 0 fully saturated rings. The molecular weight excluding hydrogens is 501 g/mol. The summed E-state index contributed by atoms with van der Waals surface area (Å²) >= 11 is 0. The van der Waals surface area contributed by atoms with Gasteiger partial charge in [0.15, 0.2) is 5.82 Å². The number of alkyl halides is 3. The number of hydrogen-bond donors (Lipinski definition) is 4. The Morgan fingerprint density at radius 2 is 1.87 bits per heavy atom. The maximum atomic E-state index is 12.5. The molecule has 0 aliphatic heterocycles. The molecule has 0 saturated heterocycles. The first-order valence-corrected chi connectivity index (χ1v) is 11.3. The van der Waals surface area contributed by atoms with Gasteiger partial charge in [-0.3, -0.25) is 9.59 Å². The van der Waals surface area contributed by atoms with Gasteiger partial charge in [-0.05, 0) is 42.3 Å². The van der Waals surface area contributed by atoms with Gasteiger partial charge in [0.2, 0.25) is 5.91 Å². The summed E-state index contributed by atoms with van der Waals surface area (Å²) in [6.07, 6.45) is -2.18. The van der Waals surface area contributed by atoms with E-state index in [0.29, 0.717) is 39.2 Å². The minimum absolute atomic E-state index is 0.0175. The van der Waals surface area contributed by atoms with Crippen molar-refractivity contribution in [1.82, 2.24) is 19.9 Å². The number of halogens is 3. The molecule has 0 bridgehead atoms. The maximum absolute atomic E-state index is 12.5. The summed E-state index contributed by atoms with van der Waals surface area (Å²) in [4.78, 5) is 28.5. The third-order valence-corrected chi connectivity index (χ3v) is 5.77. The second-order valence-electron chi connectivity index (χ2n) is 8.38. The maximum Gasteiger partial charge on any atom is 0.405 e. The van der Waals surface area contributed by atoms with Crippen LogP contribution in [0.5, 0.6) is 0 Å². The van der Waals surface area contributed by atoms with Crippen molar-refractivity contribution in [2.75, 3.05) is 17.6 Å².